The van der Waals surface area contributed by atoms with Gasteiger partial charge < -0.3 is 30.6 Å². The molecule has 3 amide bonds. The van der Waals surface area contributed by atoms with E-state index in [-0.39, 0.29) is 12.5 Å². The molecule has 0 radical (unpaired) electrons. The van der Waals surface area contributed by atoms with Gasteiger partial charge in [0.25, 0.3) is 0 Å². The van der Waals surface area contributed by atoms with E-state index in [1.165, 1.54) is 0 Å². The van der Waals surface area contributed by atoms with Crippen LogP contribution in [0.15, 0.2) is 24.3 Å². The van der Waals surface area contributed by atoms with Gasteiger partial charge in [0, 0.05) is 21.0 Å². The van der Waals surface area contributed by atoms with Gasteiger partial charge >= 0.3 is 12.2 Å². The van der Waals surface area contributed by atoms with Crippen molar-refractivity contribution < 1.29 is 28.6 Å². The van der Waals surface area contributed by atoms with Gasteiger partial charge in [-0.05, 0) is 64.1 Å². The van der Waals surface area contributed by atoms with Crippen LogP contribution in [0.2, 0.25) is 25.7 Å². The van der Waals surface area contributed by atoms with Crippen molar-refractivity contribution in [3.8, 4) is 0 Å². The second-order valence-electron chi connectivity index (χ2n) is 11.6. The lowest BCUT2D eigenvalue weighted by Gasteiger charge is -2.25. The number of benzene rings is 1. The highest BCUT2D eigenvalue weighted by atomic mass is 28.3. The van der Waals surface area contributed by atoms with Crippen LogP contribution in [0.5, 0.6) is 0 Å². The van der Waals surface area contributed by atoms with E-state index in [9.17, 15) is 14.4 Å². The van der Waals surface area contributed by atoms with Gasteiger partial charge in [-0.3, -0.25) is 4.79 Å². The topological polar surface area (TPSA) is 129 Å². The van der Waals surface area contributed by atoms with Crippen molar-refractivity contribution >= 4 is 26.2 Å². The molecule has 210 valence electrons. The molecular formula is C27H47N3O6Si. The lowest BCUT2D eigenvalue weighted by Crippen LogP contribution is -2.44. The maximum absolute atomic E-state index is 12.3. The summed E-state index contributed by atoms with van der Waals surface area (Å²) in [6.45, 7) is 15.3. The summed E-state index contributed by atoms with van der Waals surface area (Å²) in [6, 6.07) is 8.56. The number of ether oxygens (including phenoxy) is 3. The number of carbonyl (C=O) groups is 3. The molecule has 2 unspecified atom stereocenters. The molecule has 10 heteroatoms. The molecule has 1 aromatic rings. The minimum Gasteiger partial charge on any atom is -0.450 e. The minimum absolute atomic E-state index is 0.144. The smallest absolute Gasteiger partial charge is 0.407 e. The number of nitrogens with one attached hydrogen (secondary N) is 2. The van der Waals surface area contributed by atoms with E-state index in [0.717, 1.165) is 30.0 Å². The van der Waals surface area contributed by atoms with Gasteiger partial charge in [-0.2, -0.15) is 0 Å². The Hall–Kier alpha value is -2.59. The number of amides is 3. The number of rotatable bonds is 15. The van der Waals surface area contributed by atoms with E-state index >= 15 is 0 Å². The zero-order valence-electron chi connectivity index (χ0n) is 23.6. The summed E-state index contributed by atoms with van der Waals surface area (Å²) in [6.07, 6.45) is 0.884. The lowest BCUT2D eigenvalue weighted by molar-refractivity contribution is -0.118. The van der Waals surface area contributed by atoms with Crippen molar-refractivity contribution in [2.45, 2.75) is 103 Å². The summed E-state index contributed by atoms with van der Waals surface area (Å²) in [5, 5.41) is 5.60. The molecule has 0 aliphatic rings. The predicted octanol–water partition coefficient (Wildman–Crippen LogP) is 4.75. The fourth-order valence-corrected chi connectivity index (χ4v) is 4.02. The van der Waals surface area contributed by atoms with Crippen LogP contribution in [0.4, 0.5) is 9.59 Å². The molecule has 9 nitrogen and oxygen atoms in total. The Morgan fingerprint density at radius 2 is 1.65 bits per heavy atom. The Morgan fingerprint density at radius 3 is 2.22 bits per heavy atom. The van der Waals surface area contributed by atoms with Crippen LogP contribution < -0.4 is 16.4 Å². The Morgan fingerprint density at radius 1 is 1.03 bits per heavy atom. The Labute approximate surface area is 223 Å². The van der Waals surface area contributed by atoms with Gasteiger partial charge in [-0.1, -0.05) is 43.9 Å². The summed E-state index contributed by atoms with van der Waals surface area (Å²) in [7, 11) is -1.31. The highest BCUT2D eigenvalue weighted by Gasteiger charge is 2.22. The van der Waals surface area contributed by atoms with Crippen LogP contribution >= 0.6 is 0 Å². The Kier molecular flexibility index (Phi) is 13.7. The molecule has 0 aromatic heterocycles. The molecule has 1 aromatic carbocycles. The largest absolute Gasteiger partial charge is 0.450 e. The summed E-state index contributed by atoms with van der Waals surface area (Å²) < 4.78 is 16.6. The third-order valence-electron chi connectivity index (χ3n) is 5.50. The van der Waals surface area contributed by atoms with Crippen LogP contribution in [0, 0.1) is 0 Å². The minimum atomic E-state index is -1.31. The van der Waals surface area contributed by atoms with Crippen LogP contribution in [0.25, 0.3) is 0 Å². The Bertz CT molecular complexity index is 849. The third kappa shape index (κ3) is 16.7. The first-order valence-electron chi connectivity index (χ1n) is 13.0. The molecule has 1 rings (SSSR count). The molecule has 0 heterocycles. The van der Waals surface area contributed by atoms with Gasteiger partial charge in [0.1, 0.15) is 5.60 Å². The van der Waals surface area contributed by atoms with E-state index in [2.05, 4.69) is 30.3 Å². The number of hydrogen-bond acceptors (Lipinski definition) is 6. The molecule has 4 N–H and O–H groups in total. The van der Waals surface area contributed by atoms with Crippen LogP contribution in [0.1, 0.15) is 58.1 Å². The molecule has 0 aliphatic carbocycles. The summed E-state index contributed by atoms with van der Waals surface area (Å²) >= 11 is 0. The number of hydrogen-bond donors (Lipinski definition) is 3. The fraction of sp³-hybridized carbons (Fsp3) is 0.667. The van der Waals surface area contributed by atoms with Crippen LogP contribution in [-0.4, -0.2) is 57.1 Å². The van der Waals surface area contributed by atoms with Crippen LogP contribution in [0.3, 0.4) is 0 Å². The van der Waals surface area contributed by atoms with Crippen molar-refractivity contribution in [1.29, 1.82) is 0 Å². The molecule has 0 fully saturated rings. The SMILES string of the molecule is CC(OCc1ccc(CCCNC(=O)OC(C)(C)C)cc1)C(CCC(N)=O)NC(=O)OCC[Si](C)(C)C. The number of aryl methyl sites for hydroxylation is 1. The standard InChI is InChI=1S/C27H47N3O6Si/c1-20(23(14-15-24(28)31)30-26(33)34-17-18-37(5,6)7)35-19-22-12-10-21(11-13-22)9-8-16-29-25(32)36-27(2,3)4/h10-13,20,23H,8-9,14-19H2,1-7H3,(H2,28,31)(H,29,32)(H,30,33). The first-order valence-corrected chi connectivity index (χ1v) is 16.7. The quantitative estimate of drug-likeness (QED) is 0.219. The highest BCUT2D eigenvalue weighted by molar-refractivity contribution is 6.76. The second kappa shape index (κ2) is 15.6. The normalized spacial score (nSPS) is 13.4. The number of alkyl carbamates (subject to hydrolysis) is 2. The molecule has 2 atom stereocenters. The third-order valence-corrected chi connectivity index (χ3v) is 7.21. The van der Waals surface area contributed by atoms with Gasteiger partial charge in [0.15, 0.2) is 0 Å². The number of nitrogens with two attached hydrogens (primary N) is 1. The van der Waals surface area contributed by atoms with Crippen molar-refractivity contribution in [3.05, 3.63) is 35.4 Å². The highest BCUT2D eigenvalue weighted by Crippen LogP contribution is 2.13. The molecule has 0 aliphatic heterocycles. The summed E-state index contributed by atoms with van der Waals surface area (Å²) in [5.41, 5.74) is 6.96. The van der Waals surface area contributed by atoms with E-state index in [1.54, 1.807) is 0 Å². The van der Waals surface area contributed by atoms with E-state index in [4.69, 9.17) is 19.9 Å². The lowest BCUT2D eigenvalue weighted by atomic mass is 10.1. The maximum atomic E-state index is 12.3. The van der Waals surface area contributed by atoms with E-state index in [1.807, 2.05) is 52.0 Å². The molecule has 37 heavy (non-hydrogen) atoms. The monoisotopic (exact) mass is 537 g/mol. The van der Waals surface area contributed by atoms with Gasteiger partial charge in [-0.15, -0.1) is 0 Å². The molecular weight excluding hydrogens is 490 g/mol. The van der Waals surface area contributed by atoms with E-state index < -0.39 is 37.8 Å². The molecule has 0 spiro atoms. The fourth-order valence-electron chi connectivity index (χ4n) is 3.31. The number of primary amides is 1. The van der Waals surface area contributed by atoms with Crippen molar-refractivity contribution in [1.82, 2.24) is 10.6 Å². The van der Waals surface area contributed by atoms with Crippen LogP contribution in [-0.2, 0) is 32.0 Å². The summed E-state index contributed by atoms with van der Waals surface area (Å²) in [5.74, 6) is -0.428. The zero-order valence-corrected chi connectivity index (χ0v) is 24.6. The Balaban J connectivity index is 2.49. The average molecular weight is 538 g/mol. The molecule has 0 bridgehead atoms. The molecule has 0 saturated carbocycles. The van der Waals surface area contributed by atoms with Gasteiger partial charge in [0.2, 0.25) is 5.91 Å². The van der Waals surface area contributed by atoms with Crippen molar-refractivity contribution in [2.75, 3.05) is 13.2 Å². The second-order valence-corrected chi connectivity index (χ2v) is 17.2. The van der Waals surface area contributed by atoms with Gasteiger partial charge in [-0.25, -0.2) is 9.59 Å². The van der Waals surface area contributed by atoms with Crippen molar-refractivity contribution in [2.24, 2.45) is 5.73 Å². The predicted molar refractivity (Wildman–Crippen MR) is 148 cm³/mol. The first-order chi connectivity index (χ1) is 17.1. The number of carbonyl (C=O) groups excluding carboxylic acids is 3. The average Bonchev–Trinajstić information content (AvgIpc) is 2.76. The molecule has 0 saturated heterocycles. The summed E-state index contributed by atoms with van der Waals surface area (Å²) in [4.78, 5) is 35.3. The van der Waals surface area contributed by atoms with E-state index in [0.29, 0.717) is 26.2 Å². The van der Waals surface area contributed by atoms with Crippen molar-refractivity contribution in [3.63, 3.8) is 0 Å². The van der Waals surface area contributed by atoms with Gasteiger partial charge in [0.05, 0.1) is 25.4 Å². The zero-order chi connectivity index (χ0) is 28.1. The first kappa shape index (κ1) is 32.4. The maximum Gasteiger partial charge on any atom is 0.407 e.